The van der Waals surface area contributed by atoms with Gasteiger partial charge in [0, 0.05) is 4.90 Å². The number of rotatable bonds is 6. The Bertz CT molecular complexity index is 712. The lowest BCUT2D eigenvalue weighted by Gasteiger charge is -2.12. The van der Waals surface area contributed by atoms with Crippen LogP contribution >= 0.6 is 11.8 Å². The van der Waals surface area contributed by atoms with E-state index in [1.165, 1.54) is 0 Å². The normalized spacial score (nSPS) is 11.3. The van der Waals surface area contributed by atoms with Gasteiger partial charge in [0.05, 0.1) is 11.4 Å². The van der Waals surface area contributed by atoms with E-state index < -0.39 is 10.0 Å². The Balaban J connectivity index is 2.20. The smallest absolute Gasteiger partial charge is 0.236 e. The molecule has 5 heteroatoms. The first-order chi connectivity index (χ1) is 10.0. The predicted octanol–water partition coefficient (Wildman–Crippen LogP) is 4.05. The first-order valence-electron chi connectivity index (χ1n) is 6.78. The van der Waals surface area contributed by atoms with Crippen LogP contribution in [0.3, 0.4) is 0 Å². The van der Waals surface area contributed by atoms with Crippen LogP contribution in [0, 0.1) is 6.92 Å². The summed E-state index contributed by atoms with van der Waals surface area (Å²) in [4.78, 5) is 0.952. The summed E-state index contributed by atoms with van der Waals surface area (Å²) in [5, 5.41) is 0. The Kier molecular flexibility index (Phi) is 5.31. The van der Waals surface area contributed by atoms with E-state index in [9.17, 15) is 8.42 Å². The fraction of sp³-hybridized carbons (Fsp3) is 0.250. The Labute approximate surface area is 130 Å². The molecule has 0 spiro atoms. The molecule has 112 valence electrons. The van der Waals surface area contributed by atoms with Crippen LogP contribution in [-0.4, -0.2) is 14.2 Å². The van der Waals surface area contributed by atoms with Gasteiger partial charge in [-0.15, -0.1) is 11.8 Å². The molecule has 0 radical (unpaired) electrons. The molecule has 0 amide bonds. The number of benzene rings is 2. The van der Waals surface area contributed by atoms with Gasteiger partial charge in [0.15, 0.2) is 0 Å². The third-order valence-electron chi connectivity index (χ3n) is 3.06. The Hall–Kier alpha value is -1.46. The van der Waals surface area contributed by atoms with Crippen LogP contribution < -0.4 is 4.72 Å². The second-order valence-corrected chi connectivity index (χ2v) is 7.74. The van der Waals surface area contributed by atoms with Crippen molar-refractivity contribution in [1.29, 1.82) is 0 Å². The van der Waals surface area contributed by atoms with E-state index in [4.69, 9.17) is 0 Å². The molecule has 0 heterocycles. The third-order valence-corrected chi connectivity index (χ3v) is 5.24. The molecule has 2 aromatic rings. The van der Waals surface area contributed by atoms with E-state index in [0.29, 0.717) is 5.69 Å². The molecule has 0 aliphatic carbocycles. The van der Waals surface area contributed by atoms with Crippen molar-refractivity contribution < 1.29 is 8.42 Å². The van der Waals surface area contributed by atoms with Crippen LogP contribution in [0.2, 0.25) is 0 Å². The molecule has 0 bridgehead atoms. The maximum atomic E-state index is 12.4. The van der Waals surface area contributed by atoms with E-state index in [1.54, 1.807) is 17.8 Å². The summed E-state index contributed by atoms with van der Waals surface area (Å²) in [6.45, 7) is 3.97. The van der Waals surface area contributed by atoms with Crippen LogP contribution in [0.4, 0.5) is 5.69 Å². The summed E-state index contributed by atoms with van der Waals surface area (Å²) in [7, 11) is -3.41. The van der Waals surface area contributed by atoms with Gasteiger partial charge in [-0.05, 0) is 35.9 Å². The van der Waals surface area contributed by atoms with Gasteiger partial charge >= 0.3 is 0 Å². The average molecular weight is 321 g/mol. The van der Waals surface area contributed by atoms with Crippen LogP contribution in [0.1, 0.15) is 18.1 Å². The molecule has 0 saturated heterocycles. The van der Waals surface area contributed by atoms with Crippen molar-refractivity contribution in [1.82, 2.24) is 0 Å². The number of hydrogen-bond donors (Lipinski definition) is 1. The molecule has 0 saturated carbocycles. The molecule has 21 heavy (non-hydrogen) atoms. The molecule has 1 N–H and O–H groups in total. The highest BCUT2D eigenvalue weighted by Crippen LogP contribution is 2.28. The molecule has 0 fully saturated rings. The molecule has 0 aromatic heterocycles. The number of aryl methyl sites for hydroxylation is 1. The zero-order valence-electron chi connectivity index (χ0n) is 12.2. The predicted molar refractivity (Wildman–Crippen MR) is 90.3 cm³/mol. The number of anilines is 1. The van der Waals surface area contributed by atoms with Gasteiger partial charge in [-0.1, -0.05) is 43.3 Å². The number of nitrogens with one attached hydrogen (secondary N) is 1. The molecule has 0 aliphatic heterocycles. The molecule has 2 rings (SSSR count). The SMILES string of the molecule is CCSc1ccccc1NS(=O)(=O)Cc1ccccc1C. The van der Waals surface area contributed by atoms with Gasteiger partial charge in [-0.3, -0.25) is 4.72 Å². The Morgan fingerprint density at radius 2 is 1.71 bits per heavy atom. The lowest BCUT2D eigenvalue weighted by molar-refractivity contribution is 0.600. The fourth-order valence-electron chi connectivity index (χ4n) is 2.01. The van der Waals surface area contributed by atoms with Gasteiger partial charge in [0.1, 0.15) is 0 Å². The van der Waals surface area contributed by atoms with Crippen molar-refractivity contribution in [2.45, 2.75) is 24.5 Å². The van der Waals surface area contributed by atoms with Crippen molar-refractivity contribution in [2.75, 3.05) is 10.5 Å². The summed E-state index contributed by atoms with van der Waals surface area (Å²) >= 11 is 1.63. The fourth-order valence-corrected chi connectivity index (χ4v) is 4.16. The topological polar surface area (TPSA) is 46.2 Å². The zero-order valence-corrected chi connectivity index (χ0v) is 13.8. The molecular weight excluding hydrogens is 302 g/mol. The molecule has 3 nitrogen and oxygen atoms in total. The largest absolute Gasteiger partial charge is 0.282 e. The molecule has 0 unspecified atom stereocenters. The van der Waals surface area contributed by atoms with Gasteiger partial charge in [-0.2, -0.15) is 0 Å². The van der Waals surface area contributed by atoms with Crippen LogP contribution in [0.5, 0.6) is 0 Å². The van der Waals surface area contributed by atoms with Crippen LogP contribution in [0.15, 0.2) is 53.4 Å². The number of sulfonamides is 1. The minimum Gasteiger partial charge on any atom is -0.282 e. The highest BCUT2D eigenvalue weighted by molar-refractivity contribution is 7.99. The van der Waals surface area contributed by atoms with Gasteiger partial charge in [-0.25, -0.2) is 8.42 Å². The second-order valence-electron chi connectivity index (χ2n) is 4.72. The van der Waals surface area contributed by atoms with Crippen LogP contribution in [-0.2, 0) is 15.8 Å². The monoisotopic (exact) mass is 321 g/mol. The van der Waals surface area contributed by atoms with Crippen molar-refractivity contribution in [2.24, 2.45) is 0 Å². The van der Waals surface area contributed by atoms with Gasteiger partial charge < -0.3 is 0 Å². The first-order valence-corrected chi connectivity index (χ1v) is 9.42. The van der Waals surface area contributed by atoms with E-state index in [1.807, 2.05) is 56.3 Å². The van der Waals surface area contributed by atoms with Crippen molar-refractivity contribution in [3.63, 3.8) is 0 Å². The lowest BCUT2D eigenvalue weighted by Crippen LogP contribution is -2.16. The first kappa shape index (κ1) is 15.9. The maximum absolute atomic E-state index is 12.4. The Morgan fingerprint density at radius 1 is 1.05 bits per heavy atom. The van der Waals surface area contributed by atoms with Crippen molar-refractivity contribution in [3.8, 4) is 0 Å². The highest BCUT2D eigenvalue weighted by Gasteiger charge is 2.14. The maximum Gasteiger partial charge on any atom is 0.236 e. The average Bonchev–Trinajstić information content (AvgIpc) is 2.43. The molecular formula is C16H19NO2S2. The summed E-state index contributed by atoms with van der Waals surface area (Å²) in [5.74, 6) is 0.890. The number of thioether (sulfide) groups is 1. The van der Waals surface area contributed by atoms with E-state index in [-0.39, 0.29) is 5.75 Å². The van der Waals surface area contributed by atoms with Crippen LogP contribution in [0.25, 0.3) is 0 Å². The molecule has 0 aliphatic rings. The van der Waals surface area contributed by atoms with Gasteiger partial charge in [0.2, 0.25) is 10.0 Å². The second kappa shape index (κ2) is 7.00. The minimum atomic E-state index is -3.41. The zero-order chi connectivity index (χ0) is 15.3. The third kappa shape index (κ3) is 4.51. The standard InChI is InChI=1S/C16H19NO2S2/c1-3-20-16-11-7-6-10-15(16)17-21(18,19)12-14-9-5-4-8-13(14)2/h4-11,17H,3,12H2,1-2H3. The highest BCUT2D eigenvalue weighted by atomic mass is 32.2. The number of para-hydroxylation sites is 1. The minimum absolute atomic E-state index is 0.00913. The van der Waals surface area contributed by atoms with E-state index in [0.717, 1.165) is 21.8 Å². The Morgan fingerprint density at radius 3 is 2.43 bits per heavy atom. The summed E-state index contributed by atoms with van der Waals surface area (Å²) in [6.07, 6.45) is 0. The summed E-state index contributed by atoms with van der Waals surface area (Å²) in [5.41, 5.74) is 2.46. The molecule has 0 atom stereocenters. The van der Waals surface area contributed by atoms with E-state index in [2.05, 4.69) is 4.72 Å². The van der Waals surface area contributed by atoms with Gasteiger partial charge in [0.25, 0.3) is 0 Å². The quantitative estimate of drug-likeness (QED) is 0.817. The van der Waals surface area contributed by atoms with Crippen molar-refractivity contribution >= 4 is 27.5 Å². The molecule has 2 aromatic carbocycles. The summed E-state index contributed by atoms with van der Waals surface area (Å²) in [6, 6.07) is 15.0. The van der Waals surface area contributed by atoms with Crippen molar-refractivity contribution in [3.05, 3.63) is 59.7 Å². The summed E-state index contributed by atoms with van der Waals surface area (Å²) < 4.78 is 27.4. The lowest BCUT2D eigenvalue weighted by atomic mass is 10.1. The number of hydrogen-bond acceptors (Lipinski definition) is 3. The van der Waals surface area contributed by atoms with E-state index >= 15 is 0 Å².